The molecule has 2 aromatic rings. The van der Waals surface area contributed by atoms with Crippen LogP contribution in [0.3, 0.4) is 0 Å². The fraction of sp³-hybridized carbons (Fsp3) is 0.333. The van der Waals surface area contributed by atoms with Gasteiger partial charge in [0.05, 0.1) is 24.5 Å². The van der Waals surface area contributed by atoms with Crippen LogP contribution >= 0.6 is 11.6 Å². The lowest BCUT2D eigenvalue weighted by molar-refractivity contribution is 0.102. The van der Waals surface area contributed by atoms with E-state index in [2.05, 4.69) is 20.3 Å². The van der Waals surface area contributed by atoms with E-state index >= 15 is 0 Å². The molecule has 8 nitrogen and oxygen atoms in total. The Morgan fingerprint density at radius 1 is 1.45 bits per heavy atom. The van der Waals surface area contributed by atoms with Gasteiger partial charge in [0.15, 0.2) is 0 Å². The first-order chi connectivity index (χ1) is 13.9. The number of benzene rings is 1. The highest BCUT2D eigenvalue weighted by atomic mass is 35.5. The van der Waals surface area contributed by atoms with E-state index < -0.39 is 23.9 Å². The van der Waals surface area contributed by atoms with Crippen LogP contribution in [0, 0.1) is 11.7 Å². The van der Waals surface area contributed by atoms with Crippen molar-refractivity contribution in [3.05, 3.63) is 46.6 Å². The van der Waals surface area contributed by atoms with E-state index in [9.17, 15) is 13.6 Å². The number of carbonyl (C=O) groups is 1. The Hall–Kier alpha value is -3.01. The summed E-state index contributed by atoms with van der Waals surface area (Å²) in [5, 5.41) is 2.23. The number of aliphatic imine (C=N–C) groups is 1. The number of methoxy groups -OCH3 is 1. The molecule has 11 heteroatoms. The van der Waals surface area contributed by atoms with Crippen molar-refractivity contribution in [2.45, 2.75) is 18.1 Å². The number of amidine groups is 1. The zero-order valence-corrected chi connectivity index (χ0v) is 15.9. The van der Waals surface area contributed by atoms with Gasteiger partial charge in [0, 0.05) is 17.2 Å². The van der Waals surface area contributed by atoms with Gasteiger partial charge in [-0.15, -0.1) is 0 Å². The van der Waals surface area contributed by atoms with Gasteiger partial charge in [-0.2, -0.15) is 0 Å². The number of anilines is 1. The normalized spacial score (nSPS) is 24.8. The van der Waals surface area contributed by atoms with Crippen LogP contribution in [0.5, 0.6) is 5.88 Å². The van der Waals surface area contributed by atoms with Crippen molar-refractivity contribution in [1.82, 2.24) is 9.97 Å². The fourth-order valence-corrected chi connectivity index (χ4v) is 3.71. The molecule has 1 aliphatic heterocycles. The van der Waals surface area contributed by atoms with Gasteiger partial charge in [0.2, 0.25) is 5.88 Å². The average Bonchev–Trinajstić information content (AvgIpc) is 3.49. The first kappa shape index (κ1) is 19.3. The second-order valence-electron chi connectivity index (χ2n) is 6.72. The second kappa shape index (κ2) is 7.11. The topological polar surface area (TPSA) is 112 Å². The number of nitrogens with zero attached hydrogens (tertiary/aromatic N) is 3. The highest BCUT2D eigenvalue weighted by Crippen LogP contribution is 2.54. The third-order valence-corrected chi connectivity index (χ3v) is 5.34. The molecule has 1 unspecified atom stereocenters. The van der Waals surface area contributed by atoms with Gasteiger partial charge in [-0.05, 0) is 18.6 Å². The van der Waals surface area contributed by atoms with Gasteiger partial charge in [0.25, 0.3) is 11.9 Å². The molecule has 1 aliphatic carbocycles. The van der Waals surface area contributed by atoms with E-state index in [1.807, 2.05) is 0 Å². The fourth-order valence-electron chi connectivity index (χ4n) is 3.44. The Bertz CT molecular complexity index is 1000. The molecule has 3 N–H and O–H groups in total. The van der Waals surface area contributed by atoms with Crippen LogP contribution in [0.2, 0.25) is 5.02 Å². The van der Waals surface area contributed by atoms with E-state index in [0.29, 0.717) is 6.42 Å². The summed E-state index contributed by atoms with van der Waals surface area (Å²) >= 11 is 6.14. The molecule has 0 saturated heterocycles. The molecular formula is C18H16ClF2N5O3. The number of rotatable bonds is 5. The van der Waals surface area contributed by atoms with Gasteiger partial charge >= 0.3 is 0 Å². The minimum atomic E-state index is -1.47. The number of fused-ring (bicyclic) bond motifs is 1. The lowest BCUT2D eigenvalue weighted by atomic mass is 9.85. The average molecular weight is 424 g/mol. The molecule has 1 aromatic carbocycles. The van der Waals surface area contributed by atoms with Gasteiger partial charge in [0.1, 0.15) is 29.8 Å². The summed E-state index contributed by atoms with van der Waals surface area (Å²) in [4.78, 5) is 24.4. The van der Waals surface area contributed by atoms with Gasteiger partial charge < -0.3 is 20.5 Å². The summed E-state index contributed by atoms with van der Waals surface area (Å²) in [6.07, 6.45) is 2.70. The van der Waals surface area contributed by atoms with Crippen molar-refractivity contribution >= 4 is 29.2 Å². The number of nitrogens with one attached hydrogen (secondary N) is 1. The van der Waals surface area contributed by atoms with E-state index in [0.717, 1.165) is 6.07 Å². The number of ether oxygens (including phenoxy) is 2. The van der Waals surface area contributed by atoms with Crippen LogP contribution in [0.25, 0.3) is 0 Å². The van der Waals surface area contributed by atoms with E-state index in [-0.39, 0.29) is 45.9 Å². The molecular weight excluding hydrogens is 408 g/mol. The quantitative estimate of drug-likeness (QED) is 0.764. The number of nitrogens with two attached hydrogens (primary N) is 1. The molecule has 3 atom stereocenters. The summed E-state index contributed by atoms with van der Waals surface area (Å²) in [5.74, 6) is -1.55. The smallest absolute Gasteiger partial charge is 0.283 e. The number of amides is 1. The highest BCUT2D eigenvalue weighted by molar-refractivity contribution is 6.31. The minimum absolute atomic E-state index is 0.0153. The Morgan fingerprint density at radius 3 is 2.90 bits per heavy atom. The maximum absolute atomic E-state index is 14.5. The molecule has 0 bridgehead atoms. The molecule has 152 valence electrons. The standard InChI is InChI=1S/C18H16ClF2N5O3/c1-28-14-6-23-12(5-24-14)16(27)25-8-2-10(15(19)11(21)3-8)18(7-20)9-4-13(9)29-17(22)26-18/h2-3,5-6,9,13H,4,7H2,1H3,(H2,22,26)(H,25,27)/t9-,13?,18-/m1/s1. The first-order valence-corrected chi connectivity index (χ1v) is 9.00. The van der Waals surface area contributed by atoms with Crippen molar-refractivity contribution in [3.8, 4) is 5.88 Å². The van der Waals surface area contributed by atoms with Crippen LogP contribution in [0.1, 0.15) is 22.5 Å². The number of hydrogen-bond donors (Lipinski definition) is 2. The summed E-state index contributed by atoms with van der Waals surface area (Å²) in [5.41, 5.74) is 4.35. The minimum Gasteiger partial charge on any atom is -0.480 e. The van der Waals surface area contributed by atoms with Crippen molar-refractivity contribution in [1.29, 1.82) is 0 Å². The Morgan fingerprint density at radius 2 is 2.24 bits per heavy atom. The molecule has 0 spiro atoms. The van der Waals surface area contributed by atoms with Crippen LogP contribution in [0.15, 0.2) is 29.5 Å². The summed E-state index contributed by atoms with van der Waals surface area (Å²) < 4.78 is 38.9. The summed E-state index contributed by atoms with van der Waals surface area (Å²) in [6, 6.07) is 2.24. The Labute approximate surface area is 169 Å². The van der Waals surface area contributed by atoms with Gasteiger partial charge in [-0.1, -0.05) is 11.6 Å². The van der Waals surface area contributed by atoms with E-state index in [4.69, 9.17) is 26.8 Å². The van der Waals surface area contributed by atoms with Crippen molar-refractivity contribution in [2.75, 3.05) is 19.1 Å². The number of hydrogen-bond acceptors (Lipinski definition) is 7. The molecule has 1 saturated carbocycles. The summed E-state index contributed by atoms with van der Waals surface area (Å²) in [6.45, 7) is -0.946. The number of halogens is 3. The van der Waals surface area contributed by atoms with Crippen LogP contribution in [-0.4, -0.2) is 41.8 Å². The van der Waals surface area contributed by atoms with Crippen LogP contribution in [0.4, 0.5) is 14.5 Å². The maximum Gasteiger partial charge on any atom is 0.283 e. The van der Waals surface area contributed by atoms with Crippen molar-refractivity contribution in [3.63, 3.8) is 0 Å². The number of aromatic nitrogens is 2. The third kappa shape index (κ3) is 3.33. The molecule has 1 fully saturated rings. The van der Waals surface area contributed by atoms with E-state index in [1.54, 1.807) is 0 Å². The Balaban J connectivity index is 1.69. The predicted octanol–water partition coefficient (Wildman–Crippen LogP) is 2.43. The molecule has 2 aliphatic rings. The number of carbonyl (C=O) groups excluding carboxylic acids is 1. The summed E-state index contributed by atoms with van der Waals surface area (Å²) in [7, 11) is 1.42. The van der Waals surface area contributed by atoms with Crippen LogP contribution < -0.4 is 15.8 Å². The highest BCUT2D eigenvalue weighted by Gasteiger charge is 2.60. The largest absolute Gasteiger partial charge is 0.480 e. The predicted molar refractivity (Wildman–Crippen MR) is 100 cm³/mol. The zero-order valence-electron chi connectivity index (χ0n) is 15.2. The SMILES string of the molecule is COc1cnc(C(=O)Nc2cc(F)c(Cl)c([C@]3(CF)N=C(N)OC4C[C@H]43)c2)cn1. The zero-order chi connectivity index (χ0) is 20.8. The molecule has 29 heavy (non-hydrogen) atoms. The lowest BCUT2D eigenvalue weighted by Crippen LogP contribution is -2.39. The third-order valence-electron chi connectivity index (χ3n) is 4.95. The first-order valence-electron chi connectivity index (χ1n) is 8.63. The molecule has 4 rings (SSSR count). The van der Waals surface area contributed by atoms with Crippen LogP contribution in [-0.2, 0) is 10.3 Å². The number of alkyl halides is 1. The second-order valence-corrected chi connectivity index (χ2v) is 7.10. The maximum atomic E-state index is 14.5. The molecule has 1 aromatic heterocycles. The molecule has 0 radical (unpaired) electrons. The van der Waals surface area contributed by atoms with Gasteiger partial charge in [-0.25, -0.2) is 23.7 Å². The lowest BCUT2D eigenvalue weighted by Gasteiger charge is -2.32. The van der Waals surface area contributed by atoms with Gasteiger partial charge in [-0.3, -0.25) is 4.79 Å². The molecule has 2 heterocycles. The monoisotopic (exact) mass is 423 g/mol. The van der Waals surface area contributed by atoms with E-state index in [1.165, 1.54) is 25.6 Å². The molecule has 1 amide bonds. The Kier molecular flexibility index (Phi) is 4.73. The van der Waals surface area contributed by atoms with Crippen molar-refractivity contribution in [2.24, 2.45) is 16.6 Å². The van der Waals surface area contributed by atoms with Crippen molar-refractivity contribution < 1.29 is 23.0 Å².